The summed E-state index contributed by atoms with van der Waals surface area (Å²) in [6.45, 7) is 5.89. The molecule has 0 spiro atoms. The highest BCUT2D eigenvalue weighted by atomic mass is 16.5. The van der Waals surface area contributed by atoms with Crippen LogP contribution >= 0.6 is 0 Å². The molecule has 0 aliphatic carbocycles. The number of hydrogen-bond donors (Lipinski definition) is 2. The number of rotatable bonds is 4. The number of nitrogens with one attached hydrogen (secondary N) is 2. The van der Waals surface area contributed by atoms with Crippen molar-refractivity contribution in [1.82, 2.24) is 5.32 Å². The SMILES string of the molecule is CCc1cc(NC(=O)NC(C)C)ccc1OC. The van der Waals surface area contributed by atoms with E-state index in [-0.39, 0.29) is 12.1 Å². The van der Waals surface area contributed by atoms with Crippen LogP contribution in [0.25, 0.3) is 0 Å². The number of ether oxygens (including phenoxy) is 1. The molecule has 0 saturated heterocycles. The average Bonchev–Trinajstić information content (AvgIpc) is 2.27. The lowest BCUT2D eigenvalue weighted by atomic mass is 10.1. The molecule has 2 amide bonds. The third-order valence-corrected chi connectivity index (χ3v) is 2.34. The molecule has 0 aromatic heterocycles. The summed E-state index contributed by atoms with van der Waals surface area (Å²) in [7, 11) is 1.65. The van der Waals surface area contributed by atoms with Crippen LogP contribution in [0.15, 0.2) is 18.2 Å². The second-order valence-corrected chi connectivity index (χ2v) is 4.13. The molecule has 1 aromatic carbocycles. The molecule has 4 nitrogen and oxygen atoms in total. The summed E-state index contributed by atoms with van der Waals surface area (Å²) in [6, 6.07) is 5.56. The van der Waals surface area contributed by atoms with Crippen LogP contribution in [0.2, 0.25) is 0 Å². The van der Waals surface area contributed by atoms with Gasteiger partial charge in [-0.05, 0) is 44.0 Å². The third kappa shape index (κ3) is 3.98. The Kier molecular flexibility index (Phi) is 4.82. The molecule has 1 rings (SSSR count). The zero-order valence-electron chi connectivity index (χ0n) is 10.8. The highest BCUT2D eigenvalue weighted by Crippen LogP contribution is 2.22. The monoisotopic (exact) mass is 236 g/mol. The number of amides is 2. The van der Waals surface area contributed by atoms with E-state index in [1.54, 1.807) is 7.11 Å². The highest BCUT2D eigenvalue weighted by Gasteiger charge is 2.06. The Morgan fingerprint density at radius 1 is 1.41 bits per heavy atom. The molecule has 1 aromatic rings. The van der Waals surface area contributed by atoms with Gasteiger partial charge in [0.05, 0.1) is 7.11 Å². The molecule has 0 radical (unpaired) electrons. The van der Waals surface area contributed by atoms with Crippen molar-refractivity contribution in [3.05, 3.63) is 23.8 Å². The van der Waals surface area contributed by atoms with Gasteiger partial charge in [-0.3, -0.25) is 0 Å². The van der Waals surface area contributed by atoms with Gasteiger partial charge in [0, 0.05) is 11.7 Å². The zero-order valence-corrected chi connectivity index (χ0v) is 10.8. The van der Waals surface area contributed by atoms with Gasteiger partial charge in [-0.25, -0.2) is 4.79 Å². The van der Waals surface area contributed by atoms with E-state index in [0.717, 1.165) is 23.4 Å². The first kappa shape index (κ1) is 13.4. The molecule has 0 aliphatic rings. The average molecular weight is 236 g/mol. The van der Waals surface area contributed by atoms with E-state index in [9.17, 15) is 4.79 Å². The van der Waals surface area contributed by atoms with Crippen molar-refractivity contribution in [3.63, 3.8) is 0 Å². The molecule has 0 heterocycles. The number of methoxy groups -OCH3 is 1. The first-order valence-electron chi connectivity index (χ1n) is 5.81. The number of urea groups is 1. The maximum atomic E-state index is 11.5. The first-order valence-corrected chi connectivity index (χ1v) is 5.81. The lowest BCUT2D eigenvalue weighted by Gasteiger charge is -2.12. The van der Waals surface area contributed by atoms with Crippen LogP contribution in [-0.2, 0) is 6.42 Å². The van der Waals surface area contributed by atoms with E-state index < -0.39 is 0 Å². The van der Waals surface area contributed by atoms with Crippen molar-refractivity contribution in [3.8, 4) is 5.75 Å². The van der Waals surface area contributed by atoms with Crippen molar-refractivity contribution in [1.29, 1.82) is 0 Å². The van der Waals surface area contributed by atoms with Crippen molar-refractivity contribution in [2.45, 2.75) is 33.2 Å². The van der Waals surface area contributed by atoms with Crippen LogP contribution in [-0.4, -0.2) is 19.2 Å². The molecule has 0 aliphatic heterocycles. The minimum atomic E-state index is -0.188. The second-order valence-electron chi connectivity index (χ2n) is 4.13. The van der Waals surface area contributed by atoms with Gasteiger partial charge in [-0.15, -0.1) is 0 Å². The number of anilines is 1. The van der Waals surface area contributed by atoms with Crippen LogP contribution in [0.3, 0.4) is 0 Å². The van der Waals surface area contributed by atoms with E-state index in [1.165, 1.54) is 0 Å². The number of carbonyl (C=O) groups is 1. The van der Waals surface area contributed by atoms with Crippen molar-refractivity contribution >= 4 is 11.7 Å². The maximum Gasteiger partial charge on any atom is 0.319 e. The maximum absolute atomic E-state index is 11.5. The number of hydrogen-bond acceptors (Lipinski definition) is 2. The lowest BCUT2D eigenvalue weighted by Crippen LogP contribution is -2.34. The molecule has 2 N–H and O–H groups in total. The fourth-order valence-electron chi connectivity index (χ4n) is 1.56. The summed E-state index contributed by atoms with van der Waals surface area (Å²) in [4.78, 5) is 11.5. The minimum Gasteiger partial charge on any atom is -0.496 e. The van der Waals surface area contributed by atoms with Gasteiger partial charge in [0.2, 0.25) is 0 Å². The van der Waals surface area contributed by atoms with Crippen LogP contribution in [0.5, 0.6) is 5.75 Å². The Labute approximate surface area is 102 Å². The smallest absolute Gasteiger partial charge is 0.319 e. The Hall–Kier alpha value is -1.71. The largest absolute Gasteiger partial charge is 0.496 e. The summed E-state index contributed by atoms with van der Waals surface area (Å²) in [5.41, 5.74) is 1.86. The molecular formula is C13H20N2O2. The van der Waals surface area contributed by atoms with E-state index in [0.29, 0.717) is 0 Å². The van der Waals surface area contributed by atoms with E-state index >= 15 is 0 Å². The Balaban J connectivity index is 2.75. The molecule has 0 atom stereocenters. The quantitative estimate of drug-likeness (QED) is 0.844. The Morgan fingerprint density at radius 3 is 2.65 bits per heavy atom. The standard InChI is InChI=1S/C13H20N2O2/c1-5-10-8-11(6-7-12(10)17-4)15-13(16)14-9(2)3/h6-9H,5H2,1-4H3,(H2,14,15,16). The van der Waals surface area contributed by atoms with Gasteiger partial charge in [0.1, 0.15) is 5.75 Å². The molecule has 94 valence electrons. The lowest BCUT2D eigenvalue weighted by molar-refractivity contribution is 0.250. The van der Waals surface area contributed by atoms with Gasteiger partial charge in [0.15, 0.2) is 0 Å². The third-order valence-electron chi connectivity index (χ3n) is 2.34. The van der Waals surface area contributed by atoms with Crippen molar-refractivity contribution in [2.24, 2.45) is 0 Å². The van der Waals surface area contributed by atoms with Gasteiger partial charge >= 0.3 is 6.03 Å². The Morgan fingerprint density at radius 2 is 2.12 bits per heavy atom. The van der Waals surface area contributed by atoms with Crippen molar-refractivity contribution in [2.75, 3.05) is 12.4 Å². The molecular weight excluding hydrogens is 216 g/mol. The van der Waals surface area contributed by atoms with Crippen molar-refractivity contribution < 1.29 is 9.53 Å². The summed E-state index contributed by atoms with van der Waals surface area (Å²) < 4.78 is 5.23. The number of benzene rings is 1. The van der Waals surface area contributed by atoms with Gasteiger partial charge in [0.25, 0.3) is 0 Å². The topological polar surface area (TPSA) is 50.4 Å². The second kappa shape index (κ2) is 6.13. The molecule has 4 heteroatoms. The predicted molar refractivity (Wildman–Crippen MR) is 69.7 cm³/mol. The van der Waals surface area contributed by atoms with E-state index in [2.05, 4.69) is 17.6 Å². The molecule has 0 saturated carbocycles. The van der Waals surface area contributed by atoms with E-state index in [4.69, 9.17) is 4.74 Å². The summed E-state index contributed by atoms with van der Waals surface area (Å²) in [5, 5.41) is 5.57. The molecule has 17 heavy (non-hydrogen) atoms. The number of aryl methyl sites for hydroxylation is 1. The summed E-state index contributed by atoms with van der Waals surface area (Å²) in [6.07, 6.45) is 0.866. The van der Waals surface area contributed by atoms with Crippen LogP contribution < -0.4 is 15.4 Å². The fraction of sp³-hybridized carbons (Fsp3) is 0.462. The van der Waals surface area contributed by atoms with E-state index in [1.807, 2.05) is 32.0 Å². The summed E-state index contributed by atoms with van der Waals surface area (Å²) >= 11 is 0. The van der Waals surface area contributed by atoms with Crippen LogP contribution in [0, 0.1) is 0 Å². The molecule has 0 unspecified atom stereocenters. The van der Waals surface area contributed by atoms with Crippen LogP contribution in [0.4, 0.5) is 10.5 Å². The normalized spacial score (nSPS) is 10.2. The summed E-state index contributed by atoms with van der Waals surface area (Å²) in [5.74, 6) is 0.849. The molecule has 0 fully saturated rings. The van der Waals surface area contributed by atoms with Crippen LogP contribution in [0.1, 0.15) is 26.3 Å². The molecule has 0 bridgehead atoms. The number of carbonyl (C=O) groups excluding carboxylic acids is 1. The zero-order chi connectivity index (χ0) is 12.8. The van der Waals surface area contributed by atoms with Gasteiger partial charge < -0.3 is 15.4 Å². The first-order chi connectivity index (χ1) is 8.06. The van der Waals surface area contributed by atoms with Gasteiger partial charge in [-0.2, -0.15) is 0 Å². The Bertz CT molecular complexity index is 389. The highest BCUT2D eigenvalue weighted by molar-refractivity contribution is 5.89. The van der Waals surface area contributed by atoms with Gasteiger partial charge in [-0.1, -0.05) is 6.92 Å². The predicted octanol–water partition coefficient (Wildman–Crippen LogP) is 2.79. The minimum absolute atomic E-state index is 0.124. The fourth-order valence-corrected chi connectivity index (χ4v) is 1.56.